The molecule has 0 amide bonds. The Morgan fingerprint density at radius 1 is 1.03 bits per heavy atom. The molecule has 2 aromatic heterocycles. The van der Waals surface area contributed by atoms with E-state index in [0.29, 0.717) is 29.6 Å². The van der Waals surface area contributed by atoms with Gasteiger partial charge in [-0.25, -0.2) is 0 Å². The number of pyridine rings is 1. The van der Waals surface area contributed by atoms with Crippen LogP contribution in [0.2, 0.25) is 0 Å². The normalized spacial score (nSPS) is 21.0. The van der Waals surface area contributed by atoms with Crippen LogP contribution in [0.25, 0.3) is 11.5 Å². The maximum absolute atomic E-state index is 6.03. The number of aromatic nitrogens is 3. The summed E-state index contributed by atoms with van der Waals surface area (Å²) in [4.78, 5) is 4.10. The van der Waals surface area contributed by atoms with Gasteiger partial charge in [-0.3, -0.25) is 4.98 Å². The number of hydrogen-bond donors (Lipinski definition) is 1. The SMILES string of the molecule is CC1=C[C@@H](CNCc2ccncc2)[C@H](C(C)C)C[C@@H]1Cc1nnc(-c2ccc(C)cc2)o1. The van der Waals surface area contributed by atoms with Crippen LogP contribution in [0.15, 0.2) is 64.9 Å². The van der Waals surface area contributed by atoms with Crippen LogP contribution in [-0.2, 0) is 13.0 Å². The minimum absolute atomic E-state index is 0.449. The maximum atomic E-state index is 6.03. The van der Waals surface area contributed by atoms with Crippen molar-refractivity contribution in [3.63, 3.8) is 0 Å². The largest absolute Gasteiger partial charge is 0.421 e. The minimum Gasteiger partial charge on any atom is -0.421 e. The Kier molecular flexibility index (Phi) is 7.15. The second-order valence-electron chi connectivity index (χ2n) is 9.47. The lowest BCUT2D eigenvalue weighted by Gasteiger charge is -2.37. The molecule has 1 aromatic carbocycles. The van der Waals surface area contributed by atoms with E-state index in [9.17, 15) is 0 Å². The van der Waals surface area contributed by atoms with E-state index in [4.69, 9.17) is 4.42 Å². The van der Waals surface area contributed by atoms with Crippen molar-refractivity contribution in [3.05, 3.63) is 77.5 Å². The predicted molar refractivity (Wildman–Crippen MR) is 128 cm³/mol. The quantitative estimate of drug-likeness (QED) is 0.470. The summed E-state index contributed by atoms with van der Waals surface area (Å²) < 4.78 is 6.03. The second kappa shape index (κ2) is 10.2. The van der Waals surface area contributed by atoms with Gasteiger partial charge in [0.15, 0.2) is 0 Å². The molecule has 168 valence electrons. The zero-order valence-corrected chi connectivity index (χ0v) is 19.6. The van der Waals surface area contributed by atoms with Crippen LogP contribution in [0.5, 0.6) is 0 Å². The lowest BCUT2D eigenvalue weighted by atomic mass is 9.70. The highest BCUT2D eigenvalue weighted by molar-refractivity contribution is 5.52. The molecule has 1 aliphatic carbocycles. The Balaban J connectivity index is 1.40. The Bertz CT molecular complexity index is 1020. The maximum Gasteiger partial charge on any atom is 0.247 e. The standard InChI is InChI=1S/C27H34N4O/c1-18(2)25-14-23(15-26-30-31-27(32-26)22-7-5-19(3)6-8-22)20(4)13-24(25)17-29-16-21-9-11-28-12-10-21/h5-13,18,23-25,29H,14-17H2,1-4H3/t23-,24+,25+/m1/s1. The van der Waals surface area contributed by atoms with Crippen molar-refractivity contribution in [3.8, 4) is 11.5 Å². The van der Waals surface area contributed by atoms with Gasteiger partial charge < -0.3 is 9.73 Å². The summed E-state index contributed by atoms with van der Waals surface area (Å²) in [7, 11) is 0. The first kappa shape index (κ1) is 22.4. The van der Waals surface area contributed by atoms with Gasteiger partial charge in [0, 0.05) is 37.5 Å². The van der Waals surface area contributed by atoms with Gasteiger partial charge in [-0.2, -0.15) is 0 Å². The third kappa shape index (κ3) is 5.52. The van der Waals surface area contributed by atoms with Crippen LogP contribution in [0, 0.1) is 30.6 Å². The molecule has 1 aliphatic rings. The van der Waals surface area contributed by atoms with Crippen molar-refractivity contribution in [1.82, 2.24) is 20.5 Å². The topological polar surface area (TPSA) is 63.8 Å². The fraction of sp³-hybridized carbons (Fsp3) is 0.444. The molecular formula is C27H34N4O. The lowest BCUT2D eigenvalue weighted by molar-refractivity contribution is 0.218. The number of benzene rings is 1. The van der Waals surface area contributed by atoms with Crippen LogP contribution in [-0.4, -0.2) is 21.7 Å². The van der Waals surface area contributed by atoms with Gasteiger partial charge in [0.25, 0.3) is 0 Å². The van der Waals surface area contributed by atoms with Gasteiger partial charge in [-0.05, 0) is 73.8 Å². The third-order valence-electron chi connectivity index (χ3n) is 6.73. The van der Waals surface area contributed by atoms with Crippen molar-refractivity contribution in [2.75, 3.05) is 6.54 Å². The molecule has 2 heterocycles. The van der Waals surface area contributed by atoms with Crippen LogP contribution in [0.1, 0.15) is 44.2 Å². The average molecular weight is 431 g/mol. The Hall–Kier alpha value is -2.79. The molecule has 32 heavy (non-hydrogen) atoms. The third-order valence-corrected chi connectivity index (χ3v) is 6.73. The number of allylic oxidation sites excluding steroid dienone is 1. The van der Waals surface area contributed by atoms with Gasteiger partial charge in [-0.15, -0.1) is 10.2 Å². The van der Waals surface area contributed by atoms with E-state index in [2.05, 4.69) is 78.5 Å². The monoisotopic (exact) mass is 430 g/mol. The van der Waals surface area contributed by atoms with E-state index in [0.717, 1.165) is 37.4 Å². The number of nitrogens with one attached hydrogen (secondary N) is 1. The molecule has 1 N–H and O–H groups in total. The summed E-state index contributed by atoms with van der Waals surface area (Å²) in [5.74, 6) is 3.59. The molecule has 0 spiro atoms. The molecule has 0 bridgehead atoms. The Morgan fingerprint density at radius 2 is 1.78 bits per heavy atom. The van der Waals surface area contributed by atoms with Crippen molar-refractivity contribution in [2.45, 2.75) is 47.1 Å². The molecule has 5 heteroatoms. The minimum atomic E-state index is 0.449. The Labute approximate surface area is 191 Å². The number of aryl methyl sites for hydroxylation is 1. The first-order valence-corrected chi connectivity index (χ1v) is 11.7. The highest BCUT2D eigenvalue weighted by Crippen LogP contribution is 2.38. The molecule has 0 aliphatic heterocycles. The average Bonchev–Trinajstić information content (AvgIpc) is 3.25. The lowest BCUT2D eigenvalue weighted by Crippen LogP contribution is -2.34. The Morgan fingerprint density at radius 3 is 2.50 bits per heavy atom. The van der Waals surface area contributed by atoms with Crippen LogP contribution >= 0.6 is 0 Å². The summed E-state index contributed by atoms with van der Waals surface area (Å²) in [5, 5.41) is 12.3. The van der Waals surface area contributed by atoms with Crippen molar-refractivity contribution in [2.24, 2.45) is 23.7 Å². The summed E-state index contributed by atoms with van der Waals surface area (Å²) in [6.45, 7) is 10.9. The van der Waals surface area contributed by atoms with E-state index in [1.807, 2.05) is 24.5 Å². The first-order valence-electron chi connectivity index (χ1n) is 11.7. The molecule has 3 atom stereocenters. The first-order chi connectivity index (χ1) is 15.5. The zero-order chi connectivity index (χ0) is 22.5. The number of rotatable bonds is 8. The van der Waals surface area contributed by atoms with Crippen molar-refractivity contribution in [1.29, 1.82) is 0 Å². The van der Waals surface area contributed by atoms with Crippen molar-refractivity contribution >= 4 is 0 Å². The molecule has 0 saturated heterocycles. The van der Waals surface area contributed by atoms with Gasteiger partial charge in [0.05, 0.1) is 0 Å². The summed E-state index contributed by atoms with van der Waals surface area (Å²) >= 11 is 0. The van der Waals surface area contributed by atoms with Crippen molar-refractivity contribution < 1.29 is 4.42 Å². The van der Waals surface area contributed by atoms with E-state index < -0.39 is 0 Å². The molecule has 5 nitrogen and oxygen atoms in total. The fourth-order valence-electron chi connectivity index (χ4n) is 4.75. The highest BCUT2D eigenvalue weighted by Gasteiger charge is 2.32. The molecule has 3 aromatic rings. The van der Waals surface area contributed by atoms with E-state index in [1.54, 1.807) is 0 Å². The smallest absolute Gasteiger partial charge is 0.247 e. The molecule has 0 unspecified atom stereocenters. The molecular weight excluding hydrogens is 396 g/mol. The zero-order valence-electron chi connectivity index (χ0n) is 19.6. The second-order valence-corrected chi connectivity index (χ2v) is 9.47. The van der Waals surface area contributed by atoms with Crippen LogP contribution in [0.4, 0.5) is 0 Å². The van der Waals surface area contributed by atoms with Gasteiger partial charge in [0.2, 0.25) is 11.8 Å². The highest BCUT2D eigenvalue weighted by atomic mass is 16.4. The van der Waals surface area contributed by atoms with E-state index in [1.165, 1.54) is 16.7 Å². The van der Waals surface area contributed by atoms with Crippen LogP contribution < -0.4 is 5.32 Å². The fourth-order valence-corrected chi connectivity index (χ4v) is 4.75. The molecule has 0 saturated carbocycles. The summed E-state index contributed by atoms with van der Waals surface area (Å²) in [5.41, 5.74) is 4.91. The molecule has 0 radical (unpaired) electrons. The number of nitrogens with zero attached hydrogens (tertiary/aromatic N) is 3. The van der Waals surface area contributed by atoms with E-state index >= 15 is 0 Å². The van der Waals surface area contributed by atoms with Gasteiger partial charge >= 0.3 is 0 Å². The predicted octanol–water partition coefficient (Wildman–Crippen LogP) is 5.63. The number of hydrogen-bond acceptors (Lipinski definition) is 5. The van der Waals surface area contributed by atoms with Gasteiger partial charge in [0.1, 0.15) is 0 Å². The van der Waals surface area contributed by atoms with Crippen LogP contribution in [0.3, 0.4) is 0 Å². The van der Waals surface area contributed by atoms with E-state index in [-0.39, 0.29) is 0 Å². The van der Waals surface area contributed by atoms with Gasteiger partial charge in [-0.1, -0.05) is 43.2 Å². The summed E-state index contributed by atoms with van der Waals surface area (Å²) in [6.07, 6.45) is 8.15. The molecule has 4 rings (SSSR count). The summed E-state index contributed by atoms with van der Waals surface area (Å²) in [6, 6.07) is 12.4. The molecule has 0 fully saturated rings.